The lowest BCUT2D eigenvalue weighted by molar-refractivity contribution is 0.209. The lowest BCUT2D eigenvalue weighted by Crippen LogP contribution is -2.11. The van der Waals surface area contributed by atoms with Crippen LogP contribution in [0.2, 0.25) is 0 Å². The number of pyridine rings is 1. The number of rotatable bonds is 2. The number of anilines is 1. The SMILES string of the molecule is NS(=O)(=O)c1ccccc1.O=C(O)Nc1ccccn1. The van der Waals surface area contributed by atoms with Crippen molar-refractivity contribution in [1.29, 1.82) is 0 Å². The molecule has 0 aliphatic heterocycles. The lowest BCUT2D eigenvalue weighted by atomic mass is 10.4. The molecule has 0 saturated heterocycles. The number of benzene rings is 1. The third-order valence-electron chi connectivity index (χ3n) is 1.97. The van der Waals surface area contributed by atoms with Gasteiger partial charge in [-0.1, -0.05) is 24.3 Å². The standard InChI is InChI=1S/C6H6N2O2.C6H7NO2S/c9-6(10)8-5-3-1-2-4-7-5;7-10(8,9)6-4-2-1-3-5-6/h1-4H,(H,7,8)(H,9,10);1-5H,(H2,7,8,9). The summed E-state index contributed by atoms with van der Waals surface area (Å²) in [4.78, 5) is 13.9. The molecule has 1 heterocycles. The summed E-state index contributed by atoms with van der Waals surface area (Å²) in [6.07, 6.45) is 0.421. The zero-order chi connectivity index (χ0) is 15.0. The van der Waals surface area contributed by atoms with Gasteiger partial charge in [-0.15, -0.1) is 0 Å². The van der Waals surface area contributed by atoms with Crippen molar-refractivity contribution >= 4 is 21.9 Å². The summed E-state index contributed by atoms with van der Waals surface area (Å²) in [5.41, 5.74) is 0. The quantitative estimate of drug-likeness (QED) is 0.775. The van der Waals surface area contributed by atoms with Crippen LogP contribution >= 0.6 is 0 Å². The Hall–Kier alpha value is -2.45. The number of primary sulfonamides is 1. The van der Waals surface area contributed by atoms with E-state index in [1.54, 1.807) is 36.4 Å². The number of hydrogen-bond donors (Lipinski definition) is 3. The molecule has 1 aromatic heterocycles. The summed E-state index contributed by atoms with van der Waals surface area (Å²) in [7, 11) is -3.50. The average molecular weight is 295 g/mol. The van der Waals surface area contributed by atoms with Crippen molar-refractivity contribution in [2.45, 2.75) is 4.90 Å². The van der Waals surface area contributed by atoms with Crippen molar-refractivity contribution in [2.24, 2.45) is 5.14 Å². The molecule has 20 heavy (non-hydrogen) atoms. The van der Waals surface area contributed by atoms with E-state index in [0.29, 0.717) is 5.82 Å². The molecule has 2 aromatic rings. The van der Waals surface area contributed by atoms with E-state index in [9.17, 15) is 13.2 Å². The van der Waals surface area contributed by atoms with Gasteiger partial charge in [0.2, 0.25) is 10.0 Å². The molecule has 4 N–H and O–H groups in total. The van der Waals surface area contributed by atoms with Crippen LogP contribution in [0.1, 0.15) is 0 Å². The van der Waals surface area contributed by atoms with Gasteiger partial charge in [0.15, 0.2) is 0 Å². The Morgan fingerprint density at radius 3 is 2.10 bits per heavy atom. The van der Waals surface area contributed by atoms with Gasteiger partial charge in [0.25, 0.3) is 0 Å². The molecule has 8 heteroatoms. The highest BCUT2D eigenvalue weighted by atomic mass is 32.2. The van der Waals surface area contributed by atoms with Crippen molar-refractivity contribution in [3.8, 4) is 0 Å². The molecule has 0 atom stereocenters. The Kier molecular flexibility index (Phi) is 5.63. The molecule has 0 unspecified atom stereocenters. The Bertz CT molecular complexity index is 645. The van der Waals surface area contributed by atoms with E-state index in [2.05, 4.69) is 10.3 Å². The van der Waals surface area contributed by atoms with Gasteiger partial charge in [-0.3, -0.25) is 5.32 Å². The summed E-state index contributed by atoms with van der Waals surface area (Å²) in [6, 6.07) is 12.9. The van der Waals surface area contributed by atoms with Crippen LogP contribution in [0.3, 0.4) is 0 Å². The highest BCUT2D eigenvalue weighted by molar-refractivity contribution is 7.89. The number of amides is 1. The molecule has 1 amide bonds. The van der Waals surface area contributed by atoms with Crippen LogP contribution in [0.25, 0.3) is 0 Å². The lowest BCUT2D eigenvalue weighted by Gasteiger charge is -1.95. The van der Waals surface area contributed by atoms with Gasteiger partial charge in [-0.25, -0.2) is 23.3 Å². The molecule has 106 valence electrons. The fourth-order valence-electron chi connectivity index (χ4n) is 1.16. The normalized spacial score (nSPS) is 10.1. The monoisotopic (exact) mass is 295 g/mol. The molecule has 0 aliphatic carbocycles. The topological polar surface area (TPSA) is 122 Å². The minimum absolute atomic E-state index is 0.148. The van der Waals surface area contributed by atoms with Crippen LogP contribution in [0, 0.1) is 0 Å². The van der Waals surface area contributed by atoms with Crippen LogP contribution in [0.5, 0.6) is 0 Å². The van der Waals surface area contributed by atoms with Gasteiger partial charge in [0, 0.05) is 6.20 Å². The average Bonchev–Trinajstić information content (AvgIpc) is 2.40. The minimum Gasteiger partial charge on any atom is -0.465 e. The predicted molar refractivity (Wildman–Crippen MR) is 73.7 cm³/mol. The number of nitrogens with one attached hydrogen (secondary N) is 1. The van der Waals surface area contributed by atoms with Crippen molar-refractivity contribution in [2.75, 3.05) is 5.32 Å². The van der Waals surface area contributed by atoms with E-state index < -0.39 is 16.1 Å². The number of hydrogen-bond acceptors (Lipinski definition) is 4. The first kappa shape index (κ1) is 15.6. The van der Waals surface area contributed by atoms with E-state index in [0.717, 1.165) is 0 Å². The number of carboxylic acid groups (broad SMARTS) is 1. The number of nitrogens with two attached hydrogens (primary N) is 1. The molecule has 0 fully saturated rings. The molecule has 0 radical (unpaired) electrons. The molecule has 0 bridgehead atoms. The highest BCUT2D eigenvalue weighted by Crippen LogP contribution is 2.03. The third kappa shape index (κ3) is 5.94. The summed E-state index contributed by atoms with van der Waals surface area (Å²) in [5.74, 6) is 0.343. The molecule has 0 spiro atoms. The smallest absolute Gasteiger partial charge is 0.410 e. The van der Waals surface area contributed by atoms with Gasteiger partial charge in [0.1, 0.15) is 5.82 Å². The van der Waals surface area contributed by atoms with Crippen LogP contribution < -0.4 is 10.5 Å². The Morgan fingerprint density at radius 2 is 1.70 bits per heavy atom. The summed E-state index contributed by atoms with van der Waals surface area (Å²) >= 11 is 0. The van der Waals surface area contributed by atoms with Gasteiger partial charge < -0.3 is 5.11 Å². The predicted octanol–water partition coefficient (Wildman–Crippen LogP) is 1.51. The number of sulfonamides is 1. The molecule has 0 aliphatic rings. The van der Waals surface area contributed by atoms with Gasteiger partial charge in [0.05, 0.1) is 4.90 Å². The zero-order valence-electron chi connectivity index (χ0n) is 10.3. The van der Waals surface area contributed by atoms with E-state index in [4.69, 9.17) is 10.2 Å². The van der Waals surface area contributed by atoms with Crippen LogP contribution in [-0.2, 0) is 10.0 Å². The maximum Gasteiger partial charge on any atom is 0.410 e. The van der Waals surface area contributed by atoms with Gasteiger partial charge in [-0.2, -0.15) is 0 Å². The molecular formula is C12H13N3O4S. The van der Waals surface area contributed by atoms with Crippen molar-refractivity contribution < 1.29 is 18.3 Å². The van der Waals surface area contributed by atoms with Crippen molar-refractivity contribution in [1.82, 2.24) is 4.98 Å². The van der Waals surface area contributed by atoms with Crippen LogP contribution in [0.15, 0.2) is 59.6 Å². The molecule has 7 nitrogen and oxygen atoms in total. The first-order chi connectivity index (χ1) is 9.39. The van der Waals surface area contributed by atoms with Crippen molar-refractivity contribution in [3.63, 3.8) is 0 Å². The van der Waals surface area contributed by atoms with E-state index >= 15 is 0 Å². The van der Waals surface area contributed by atoms with E-state index in [-0.39, 0.29) is 4.90 Å². The number of carbonyl (C=O) groups is 1. The maximum absolute atomic E-state index is 10.6. The van der Waals surface area contributed by atoms with Gasteiger partial charge >= 0.3 is 6.09 Å². The Morgan fingerprint density at radius 1 is 1.10 bits per heavy atom. The zero-order valence-corrected chi connectivity index (χ0v) is 11.1. The molecule has 2 rings (SSSR count). The summed E-state index contributed by atoms with van der Waals surface area (Å²) < 4.78 is 21.2. The highest BCUT2D eigenvalue weighted by Gasteiger charge is 2.03. The molecular weight excluding hydrogens is 282 g/mol. The molecule has 1 aromatic carbocycles. The van der Waals surface area contributed by atoms with Crippen LogP contribution in [0.4, 0.5) is 10.6 Å². The Labute approximate surface area is 116 Å². The fourth-order valence-corrected chi connectivity index (χ4v) is 1.69. The number of aromatic nitrogens is 1. The van der Waals surface area contributed by atoms with Crippen molar-refractivity contribution in [3.05, 3.63) is 54.7 Å². The summed E-state index contributed by atoms with van der Waals surface area (Å²) in [5, 5.41) is 15.2. The largest absolute Gasteiger partial charge is 0.465 e. The number of nitrogens with zero attached hydrogens (tertiary/aromatic N) is 1. The maximum atomic E-state index is 10.6. The second-order valence-corrected chi connectivity index (χ2v) is 5.06. The van der Waals surface area contributed by atoms with E-state index in [1.807, 2.05) is 0 Å². The molecule has 0 saturated carbocycles. The fraction of sp³-hybridized carbons (Fsp3) is 0. The van der Waals surface area contributed by atoms with Crippen LogP contribution in [-0.4, -0.2) is 24.6 Å². The van der Waals surface area contributed by atoms with E-state index in [1.165, 1.54) is 18.3 Å². The third-order valence-corrected chi connectivity index (χ3v) is 2.90. The van der Waals surface area contributed by atoms with Gasteiger partial charge in [-0.05, 0) is 24.3 Å². The minimum atomic E-state index is -3.50. The summed E-state index contributed by atoms with van der Waals surface area (Å²) in [6.45, 7) is 0. The first-order valence-corrected chi connectivity index (χ1v) is 6.93. The Balaban J connectivity index is 0.000000200. The second-order valence-electron chi connectivity index (χ2n) is 3.50. The second kappa shape index (κ2) is 7.22. The first-order valence-electron chi connectivity index (χ1n) is 5.38.